The molecule has 0 saturated heterocycles. The first kappa shape index (κ1) is 17.9. The fourth-order valence-corrected chi connectivity index (χ4v) is 3.31. The zero-order chi connectivity index (χ0) is 20.3. The number of hydrogen-bond donors (Lipinski definition) is 2. The number of anilines is 2. The molecule has 0 aliphatic carbocycles. The molecule has 148 valence electrons. The minimum atomic E-state index is -0.221. The van der Waals surface area contributed by atoms with Gasteiger partial charge in [-0.05, 0) is 42.0 Å². The van der Waals surface area contributed by atoms with Crippen molar-refractivity contribution in [2.75, 3.05) is 17.4 Å². The number of rotatable bonds is 5. The van der Waals surface area contributed by atoms with Crippen molar-refractivity contribution in [2.45, 2.75) is 6.54 Å². The van der Waals surface area contributed by atoms with E-state index in [1.165, 1.54) is 0 Å². The third-order valence-corrected chi connectivity index (χ3v) is 4.81. The highest BCUT2D eigenvalue weighted by molar-refractivity contribution is 6.08. The van der Waals surface area contributed by atoms with Crippen molar-refractivity contribution >= 4 is 28.3 Å². The van der Waals surface area contributed by atoms with E-state index in [1.807, 2.05) is 48.5 Å². The van der Waals surface area contributed by atoms with Gasteiger partial charge in [0.05, 0.1) is 11.2 Å². The van der Waals surface area contributed by atoms with Gasteiger partial charge in [0.2, 0.25) is 6.79 Å². The van der Waals surface area contributed by atoms with Crippen molar-refractivity contribution in [1.82, 2.24) is 9.97 Å². The number of hydrogen-bond acceptors (Lipinski definition) is 6. The normalized spacial score (nSPS) is 12.0. The van der Waals surface area contributed by atoms with E-state index in [2.05, 4.69) is 20.6 Å². The SMILES string of the molecule is O=C(Nc1cccc2cccnc12)c1ccnc(NCc2ccc3c(c2)OCO3)c1. The molecule has 30 heavy (non-hydrogen) atoms. The molecule has 0 radical (unpaired) electrons. The molecule has 2 aromatic heterocycles. The second-order valence-electron chi connectivity index (χ2n) is 6.81. The van der Waals surface area contributed by atoms with E-state index >= 15 is 0 Å². The van der Waals surface area contributed by atoms with Crippen LogP contribution in [0.5, 0.6) is 11.5 Å². The lowest BCUT2D eigenvalue weighted by Gasteiger charge is -2.10. The van der Waals surface area contributed by atoms with Crippen LogP contribution in [-0.4, -0.2) is 22.7 Å². The van der Waals surface area contributed by atoms with Crippen LogP contribution in [-0.2, 0) is 6.54 Å². The number of carbonyl (C=O) groups excluding carboxylic acids is 1. The lowest BCUT2D eigenvalue weighted by Crippen LogP contribution is -2.13. The predicted octanol–water partition coefficient (Wildman–Crippen LogP) is 4.22. The standard InChI is InChI=1S/C23H18N4O3/c28-23(27-18-5-1-3-16-4-2-9-25-22(16)18)17-8-10-24-21(12-17)26-13-15-6-7-19-20(11-15)30-14-29-19/h1-12H,13-14H2,(H,24,26)(H,27,28). The number of benzene rings is 2. The number of carbonyl (C=O) groups is 1. The Balaban J connectivity index is 1.30. The summed E-state index contributed by atoms with van der Waals surface area (Å²) in [7, 11) is 0. The molecule has 0 unspecified atom stereocenters. The summed E-state index contributed by atoms with van der Waals surface area (Å²) < 4.78 is 10.7. The Morgan fingerprint density at radius 3 is 2.80 bits per heavy atom. The van der Waals surface area contributed by atoms with E-state index < -0.39 is 0 Å². The zero-order valence-electron chi connectivity index (χ0n) is 16.0. The van der Waals surface area contributed by atoms with Crippen LogP contribution >= 0.6 is 0 Å². The van der Waals surface area contributed by atoms with Gasteiger partial charge in [-0.2, -0.15) is 0 Å². The predicted molar refractivity (Wildman–Crippen MR) is 114 cm³/mol. The van der Waals surface area contributed by atoms with Crippen molar-refractivity contribution in [1.29, 1.82) is 0 Å². The summed E-state index contributed by atoms with van der Waals surface area (Å²) in [4.78, 5) is 21.5. The fraction of sp³-hybridized carbons (Fsp3) is 0.0870. The Labute approximate surface area is 172 Å². The van der Waals surface area contributed by atoms with Crippen LogP contribution in [0.25, 0.3) is 10.9 Å². The smallest absolute Gasteiger partial charge is 0.255 e. The highest BCUT2D eigenvalue weighted by Gasteiger charge is 2.13. The molecule has 2 aromatic carbocycles. The van der Waals surface area contributed by atoms with Crippen LogP contribution in [0.3, 0.4) is 0 Å². The molecular weight excluding hydrogens is 380 g/mol. The first-order chi connectivity index (χ1) is 14.8. The molecule has 1 aliphatic rings. The number of para-hydroxylation sites is 1. The molecule has 3 heterocycles. The molecule has 0 bridgehead atoms. The van der Waals surface area contributed by atoms with Gasteiger partial charge in [-0.3, -0.25) is 9.78 Å². The van der Waals surface area contributed by atoms with Gasteiger partial charge >= 0.3 is 0 Å². The summed E-state index contributed by atoms with van der Waals surface area (Å²) in [6, 6.07) is 18.7. The van der Waals surface area contributed by atoms with Gasteiger partial charge in [0.1, 0.15) is 5.82 Å². The largest absolute Gasteiger partial charge is 0.454 e. The second-order valence-corrected chi connectivity index (χ2v) is 6.81. The summed E-state index contributed by atoms with van der Waals surface area (Å²) >= 11 is 0. The Hall–Kier alpha value is -4.13. The van der Waals surface area contributed by atoms with E-state index in [-0.39, 0.29) is 12.7 Å². The molecule has 4 aromatic rings. The average molecular weight is 398 g/mol. The van der Waals surface area contributed by atoms with Crippen molar-refractivity contribution in [3.05, 3.63) is 84.2 Å². The van der Waals surface area contributed by atoms with Gasteiger partial charge in [-0.1, -0.05) is 24.3 Å². The first-order valence-electron chi connectivity index (χ1n) is 9.50. The van der Waals surface area contributed by atoms with E-state index in [9.17, 15) is 4.79 Å². The molecule has 5 rings (SSSR count). The third-order valence-electron chi connectivity index (χ3n) is 4.81. The van der Waals surface area contributed by atoms with Crippen molar-refractivity contribution < 1.29 is 14.3 Å². The molecule has 7 nitrogen and oxygen atoms in total. The van der Waals surface area contributed by atoms with Gasteiger partial charge in [0, 0.05) is 29.9 Å². The third kappa shape index (κ3) is 3.60. The maximum atomic E-state index is 12.8. The van der Waals surface area contributed by atoms with Crippen LogP contribution in [0.4, 0.5) is 11.5 Å². The Kier molecular flexibility index (Phi) is 4.61. The highest BCUT2D eigenvalue weighted by Crippen LogP contribution is 2.32. The minimum Gasteiger partial charge on any atom is -0.454 e. The zero-order valence-corrected chi connectivity index (χ0v) is 16.0. The van der Waals surface area contributed by atoms with E-state index in [0.717, 1.165) is 28.0 Å². The summed E-state index contributed by atoms with van der Waals surface area (Å²) in [5, 5.41) is 7.15. The number of aromatic nitrogens is 2. The van der Waals surface area contributed by atoms with Crippen LogP contribution < -0.4 is 20.1 Å². The number of nitrogens with one attached hydrogen (secondary N) is 2. The monoisotopic (exact) mass is 398 g/mol. The van der Waals surface area contributed by atoms with Crippen LogP contribution in [0.1, 0.15) is 15.9 Å². The maximum absolute atomic E-state index is 12.8. The molecule has 1 aliphatic heterocycles. The van der Waals surface area contributed by atoms with E-state index in [1.54, 1.807) is 24.5 Å². The van der Waals surface area contributed by atoms with Gasteiger partial charge in [0.15, 0.2) is 11.5 Å². The molecular formula is C23H18N4O3. The molecule has 2 N–H and O–H groups in total. The molecule has 0 saturated carbocycles. The first-order valence-corrected chi connectivity index (χ1v) is 9.50. The average Bonchev–Trinajstić information content (AvgIpc) is 3.26. The lowest BCUT2D eigenvalue weighted by molar-refractivity contribution is 0.102. The van der Waals surface area contributed by atoms with E-state index in [0.29, 0.717) is 23.6 Å². The van der Waals surface area contributed by atoms with Gasteiger partial charge < -0.3 is 20.1 Å². The van der Waals surface area contributed by atoms with Crippen molar-refractivity contribution in [2.24, 2.45) is 0 Å². The Bertz CT molecular complexity index is 1240. The topological polar surface area (TPSA) is 85.4 Å². The summed E-state index contributed by atoms with van der Waals surface area (Å²) in [5.74, 6) is 1.87. The van der Waals surface area contributed by atoms with Crippen molar-refractivity contribution in [3.8, 4) is 11.5 Å². The summed E-state index contributed by atoms with van der Waals surface area (Å²) in [6.45, 7) is 0.791. The van der Waals surface area contributed by atoms with E-state index in [4.69, 9.17) is 9.47 Å². The minimum absolute atomic E-state index is 0.221. The van der Waals surface area contributed by atoms with Crippen LogP contribution in [0, 0.1) is 0 Å². The number of amides is 1. The van der Waals surface area contributed by atoms with Gasteiger partial charge in [-0.15, -0.1) is 0 Å². The van der Waals surface area contributed by atoms with Crippen LogP contribution in [0.15, 0.2) is 73.1 Å². The van der Waals surface area contributed by atoms with Crippen LogP contribution in [0.2, 0.25) is 0 Å². The summed E-state index contributed by atoms with van der Waals surface area (Å²) in [6.07, 6.45) is 3.32. The second kappa shape index (κ2) is 7.71. The highest BCUT2D eigenvalue weighted by atomic mass is 16.7. The number of nitrogens with zero attached hydrogens (tertiary/aromatic N) is 2. The molecule has 0 spiro atoms. The molecule has 7 heteroatoms. The maximum Gasteiger partial charge on any atom is 0.255 e. The number of fused-ring (bicyclic) bond motifs is 2. The number of pyridine rings is 2. The molecule has 0 fully saturated rings. The fourth-order valence-electron chi connectivity index (χ4n) is 3.31. The molecule has 1 amide bonds. The van der Waals surface area contributed by atoms with Gasteiger partial charge in [-0.25, -0.2) is 4.98 Å². The summed E-state index contributed by atoms with van der Waals surface area (Å²) in [5.41, 5.74) is 2.96. The Morgan fingerprint density at radius 2 is 1.83 bits per heavy atom. The van der Waals surface area contributed by atoms with Gasteiger partial charge in [0.25, 0.3) is 5.91 Å². The van der Waals surface area contributed by atoms with Crippen molar-refractivity contribution in [3.63, 3.8) is 0 Å². The lowest BCUT2D eigenvalue weighted by atomic mass is 10.1. The Morgan fingerprint density at radius 1 is 0.933 bits per heavy atom. The quantitative estimate of drug-likeness (QED) is 0.524. The number of ether oxygens (including phenoxy) is 2. The molecule has 0 atom stereocenters.